The van der Waals surface area contributed by atoms with Gasteiger partial charge in [-0.15, -0.1) is 0 Å². The van der Waals surface area contributed by atoms with Gasteiger partial charge in [0.1, 0.15) is 0 Å². The minimum Gasteiger partial charge on any atom is -0.279 e. The van der Waals surface area contributed by atoms with Crippen molar-refractivity contribution in [3.05, 3.63) is 102 Å². The molecule has 0 aliphatic carbocycles. The molecule has 0 saturated heterocycles. The SMILES string of the molecule is NN(C(=Cc1ccccc1)c1ccccc1)c1ccccc1. The van der Waals surface area contributed by atoms with Crippen LogP contribution in [-0.2, 0) is 0 Å². The topological polar surface area (TPSA) is 29.3 Å². The molecule has 0 bridgehead atoms. The molecule has 0 atom stereocenters. The first-order valence-corrected chi connectivity index (χ1v) is 7.26. The predicted octanol–water partition coefficient (Wildman–Crippen LogP) is 4.57. The maximum atomic E-state index is 6.38. The molecule has 3 aromatic rings. The highest BCUT2D eigenvalue weighted by atomic mass is 15.4. The van der Waals surface area contributed by atoms with Crippen LogP contribution in [0.25, 0.3) is 11.8 Å². The van der Waals surface area contributed by atoms with Gasteiger partial charge in [0.15, 0.2) is 0 Å². The molecule has 2 nitrogen and oxygen atoms in total. The van der Waals surface area contributed by atoms with Gasteiger partial charge in [-0.25, -0.2) is 5.84 Å². The summed E-state index contributed by atoms with van der Waals surface area (Å²) < 4.78 is 0. The fourth-order valence-corrected chi connectivity index (χ4v) is 2.34. The molecule has 0 unspecified atom stereocenters. The van der Waals surface area contributed by atoms with Gasteiger partial charge in [0.05, 0.1) is 11.4 Å². The van der Waals surface area contributed by atoms with Crippen molar-refractivity contribution in [3.8, 4) is 0 Å². The lowest BCUT2D eigenvalue weighted by Crippen LogP contribution is -2.28. The molecule has 0 spiro atoms. The van der Waals surface area contributed by atoms with E-state index in [-0.39, 0.29) is 0 Å². The van der Waals surface area contributed by atoms with E-state index in [2.05, 4.69) is 30.3 Å². The van der Waals surface area contributed by atoms with Gasteiger partial charge in [0.25, 0.3) is 0 Å². The second-order valence-corrected chi connectivity index (χ2v) is 5.01. The lowest BCUT2D eigenvalue weighted by molar-refractivity contribution is 1.10. The van der Waals surface area contributed by atoms with Crippen LogP contribution < -0.4 is 10.9 Å². The van der Waals surface area contributed by atoms with E-state index in [1.165, 1.54) is 0 Å². The molecule has 22 heavy (non-hydrogen) atoms. The van der Waals surface area contributed by atoms with E-state index in [0.29, 0.717) is 0 Å². The lowest BCUT2D eigenvalue weighted by Gasteiger charge is -2.22. The van der Waals surface area contributed by atoms with Crippen LogP contribution in [0.15, 0.2) is 91.0 Å². The molecule has 0 aromatic heterocycles. The van der Waals surface area contributed by atoms with Gasteiger partial charge >= 0.3 is 0 Å². The highest BCUT2D eigenvalue weighted by Gasteiger charge is 2.10. The number of benzene rings is 3. The third-order valence-corrected chi connectivity index (χ3v) is 3.47. The monoisotopic (exact) mass is 286 g/mol. The molecule has 0 aliphatic heterocycles. The van der Waals surface area contributed by atoms with Gasteiger partial charge in [-0.2, -0.15) is 0 Å². The fourth-order valence-electron chi connectivity index (χ4n) is 2.34. The van der Waals surface area contributed by atoms with Crippen molar-refractivity contribution in [2.24, 2.45) is 5.84 Å². The lowest BCUT2D eigenvalue weighted by atomic mass is 10.1. The zero-order chi connectivity index (χ0) is 15.2. The van der Waals surface area contributed by atoms with Crippen molar-refractivity contribution in [2.45, 2.75) is 0 Å². The molecular weight excluding hydrogens is 268 g/mol. The summed E-state index contributed by atoms with van der Waals surface area (Å²) in [5, 5.41) is 1.72. The second-order valence-electron chi connectivity index (χ2n) is 5.01. The smallest absolute Gasteiger partial charge is 0.0653 e. The number of anilines is 1. The Bertz CT molecular complexity index is 734. The molecule has 0 amide bonds. The van der Waals surface area contributed by atoms with Gasteiger partial charge in [-0.05, 0) is 29.3 Å². The second kappa shape index (κ2) is 6.74. The molecule has 0 aliphatic rings. The molecule has 108 valence electrons. The summed E-state index contributed by atoms with van der Waals surface area (Å²) >= 11 is 0. The van der Waals surface area contributed by atoms with Gasteiger partial charge in [0, 0.05) is 0 Å². The van der Waals surface area contributed by atoms with E-state index in [0.717, 1.165) is 22.5 Å². The molecule has 0 saturated carbocycles. The van der Waals surface area contributed by atoms with E-state index in [9.17, 15) is 0 Å². The van der Waals surface area contributed by atoms with E-state index < -0.39 is 0 Å². The number of hydrogen-bond donors (Lipinski definition) is 1. The van der Waals surface area contributed by atoms with Crippen LogP contribution in [0.5, 0.6) is 0 Å². The van der Waals surface area contributed by atoms with E-state index in [1.54, 1.807) is 5.01 Å². The largest absolute Gasteiger partial charge is 0.279 e. The average molecular weight is 286 g/mol. The number of hydrazine groups is 1. The Morgan fingerprint density at radius 3 is 1.77 bits per heavy atom. The minimum absolute atomic E-state index is 0.952. The first kappa shape index (κ1) is 14.1. The van der Waals surface area contributed by atoms with Crippen molar-refractivity contribution < 1.29 is 0 Å². The van der Waals surface area contributed by atoms with Crippen LogP contribution in [0.3, 0.4) is 0 Å². The molecule has 0 radical (unpaired) electrons. The summed E-state index contributed by atoms with van der Waals surface area (Å²) in [6.45, 7) is 0. The van der Waals surface area contributed by atoms with Crippen LogP contribution in [0.1, 0.15) is 11.1 Å². The zero-order valence-corrected chi connectivity index (χ0v) is 12.3. The van der Waals surface area contributed by atoms with Crippen molar-refractivity contribution in [2.75, 3.05) is 5.01 Å². The summed E-state index contributed by atoms with van der Waals surface area (Å²) in [7, 11) is 0. The van der Waals surface area contributed by atoms with Gasteiger partial charge in [-0.1, -0.05) is 78.9 Å². The van der Waals surface area contributed by atoms with Gasteiger partial charge in [-0.3, -0.25) is 5.01 Å². The Morgan fingerprint density at radius 1 is 0.682 bits per heavy atom. The molecule has 2 heteroatoms. The molecular formula is C20H18N2. The first-order chi connectivity index (χ1) is 10.8. The molecule has 2 N–H and O–H groups in total. The van der Waals surface area contributed by atoms with Gasteiger partial charge in [0.2, 0.25) is 0 Å². The minimum atomic E-state index is 0.952. The summed E-state index contributed by atoms with van der Waals surface area (Å²) in [5.41, 5.74) is 4.11. The summed E-state index contributed by atoms with van der Waals surface area (Å²) in [4.78, 5) is 0. The molecule has 0 heterocycles. The summed E-state index contributed by atoms with van der Waals surface area (Å²) in [6, 6.07) is 30.4. The van der Waals surface area contributed by atoms with Crippen LogP contribution in [-0.4, -0.2) is 0 Å². The van der Waals surface area contributed by atoms with E-state index >= 15 is 0 Å². The summed E-state index contributed by atoms with van der Waals surface area (Å²) in [6.07, 6.45) is 2.10. The van der Waals surface area contributed by atoms with Crippen molar-refractivity contribution in [1.29, 1.82) is 0 Å². The van der Waals surface area contributed by atoms with Crippen LogP contribution >= 0.6 is 0 Å². The highest BCUT2D eigenvalue weighted by molar-refractivity contribution is 5.89. The van der Waals surface area contributed by atoms with Crippen molar-refractivity contribution in [3.63, 3.8) is 0 Å². The normalized spacial score (nSPS) is 11.2. The number of para-hydroxylation sites is 1. The zero-order valence-electron chi connectivity index (χ0n) is 12.3. The predicted molar refractivity (Wildman–Crippen MR) is 93.9 cm³/mol. The van der Waals surface area contributed by atoms with Crippen molar-refractivity contribution in [1.82, 2.24) is 0 Å². The number of rotatable bonds is 4. The standard InChI is InChI=1S/C20H18N2/c21-22(19-14-8-3-9-15-19)20(18-12-6-2-7-13-18)16-17-10-4-1-5-11-17/h1-16H,21H2. The quantitative estimate of drug-likeness (QED) is 0.432. The first-order valence-electron chi connectivity index (χ1n) is 7.26. The number of nitrogens with zero attached hydrogens (tertiary/aromatic N) is 1. The number of hydrogen-bond acceptors (Lipinski definition) is 2. The Kier molecular flexibility index (Phi) is 4.33. The average Bonchev–Trinajstić information content (AvgIpc) is 2.61. The van der Waals surface area contributed by atoms with E-state index in [4.69, 9.17) is 5.84 Å². The third kappa shape index (κ3) is 3.25. The third-order valence-electron chi connectivity index (χ3n) is 3.47. The Labute approximate surface area is 131 Å². The Hall–Kier alpha value is -2.84. The highest BCUT2D eigenvalue weighted by Crippen LogP contribution is 2.25. The Balaban J connectivity index is 2.06. The van der Waals surface area contributed by atoms with Gasteiger partial charge < -0.3 is 0 Å². The van der Waals surface area contributed by atoms with Crippen LogP contribution in [0.4, 0.5) is 5.69 Å². The van der Waals surface area contributed by atoms with Crippen LogP contribution in [0.2, 0.25) is 0 Å². The maximum absolute atomic E-state index is 6.38. The maximum Gasteiger partial charge on any atom is 0.0653 e. The molecule has 3 aromatic carbocycles. The Morgan fingerprint density at radius 2 is 1.18 bits per heavy atom. The van der Waals surface area contributed by atoms with Crippen molar-refractivity contribution >= 4 is 17.5 Å². The molecule has 0 fully saturated rings. The van der Waals surface area contributed by atoms with E-state index in [1.807, 2.05) is 66.7 Å². The summed E-state index contributed by atoms with van der Waals surface area (Å²) in [5.74, 6) is 6.38. The molecule has 3 rings (SSSR count). The van der Waals surface area contributed by atoms with Crippen LogP contribution in [0, 0.1) is 0 Å². The number of nitrogens with two attached hydrogens (primary N) is 1. The fraction of sp³-hybridized carbons (Fsp3) is 0.